The number of benzene rings is 1. The van der Waals surface area contributed by atoms with E-state index >= 15 is 0 Å². The van der Waals surface area contributed by atoms with Crippen LogP contribution in [-0.2, 0) is 14.8 Å². The second kappa shape index (κ2) is 7.39. The molecule has 2 aliphatic heterocycles. The van der Waals surface area contributed by atoms with Gasteiger partial charge in [0.2, 0.25) is 10.0 Å². The molecule has 0 N–H and O–H groups in total. The van der Waals surface area contributed by atoms with Gasteiger partial charge in [0.05, 0.1) is 23.7 Å². The molecule has 0 saturated carbocycles. The summed E-state index contributed by atoms with van der Waals surface area (Å²) < 4.78 is 46.1. The van der Waals surface area contributed by atoms with Crippen molar-refractivity contribution in [2.45, 2.75) is 24.7 Å². The summed E-state index contributed by atoms with van der Waals surface area (Å²) >= 11 is 0. The van der Waals surface area contributed by atoms with Crippen molar-refractivity contribution in [1.82, 2.24) is 9.21 Å². The third-order valence-electron chi connectivity index (χ3n) is 4.85. The van der Waals surface area contributed by atoms with Crippen LogP contribution in [0.5, 0.6) is 0 Å². The number of ether oxygens (including phenoxy) is 1. The molecule has 8 heteroatoms. The van der Waals surface area contributed by atoms with E-state index in [-0.39, 0.29) is 23.5 Å². The Morgan fingerprint density at radius 2 is 1.80 bits per heavy atom. The molecule has 1 aromatic rings. The van der Waals surface area contributed by atoms with Gasteiger partial charge in [0.1, 0.15) is 5.82 Å². The van der Waals surface area contributed by atoms with Crippen molar-refractivity contribution in [3.05, 3.63) is 29.6 Å². The number of hydrogen-bond donors (Lipinski definition) is 0. The van der Waals surface area contributed by atoms with Crippen LogP contribution in [0, 0.1) is 11.7 Å². The zero-order valence-electron chi connectivity index (χ0n) is 14.3. The SMILES string of the molecule is CC1CCN(C(=O)c2cc(S(=O)(=O)N3CCOCC3)ccc2F)CC1. The minimum Gasteiger partial charge on any atom is -0.379 e. The molecule has 2 heterocycles. The molecule has 1 amide bonds. The van der Waals surface area contributed by atoms with Crippen LogP contribution in [0.2, 0.25) is 0 Å². The molecule has 0 atom stereocenters. The first-order chi connectivity index (χ1) is 11.9. The molecule has 25 heavy (non-hydrogen) atoms. The Morgan fingerprint density at radius 3 is 2.44 bits per heavy atom. The number of carbonyl (C=O) groups excluding carboxylic acids is 1. The van der Waals surface area contributed by atoms with Gasteiger partial charge in [-0.1, -0.05) is 6.92 Å². The topological polar surface area (TPSA) is 66.9 Å². The largest absolute Gasteiger partial charge is 0.379 e. The molecule has 3 rings (SSSR count). The van der Waals surface area contributed by atoms with Crippen molar-refractivity contribution in [3.63, 3.8) is 0 Å². The maximum atomic E-state index is 14.2. The summed E-state index contributed by atoms with van der Waals surface area (Å²) in [5, 5.41) is 0. The van der Waals surface area contributed by atoms with Crippen LogP contribution in [-0.4, -0.2) is 62.9 Å². The van der Waals surface area contributed by atoms with Crippen LogP contribution in [0.25, 0.3) is 0 Å². The molecular weight excluding hydrogens is 347 g/mol. The van der Waals surface area contributed by atoms with Gasteiger partial charge in [-0.3, -0.25) is 4.79 Å². The van der Waals surface area contributed by atoms with Crippen LogP contribution in [0.4, 0.5) is 4.39 Å². The average molecular weight is 370 g/mol. The van der Waals surface area contributed by atoms with Crippen molar-refractivity contribution >= 4 is 15.9 Å². The summed E-state index contributed by atoms with van der Waals surface area (Å²) in [6, 6.07) is 3.45. The van der Waals surface area contributed by atoms with E-state index in [1.165, 1.54) is 16.4 Å². The van der Waals surface area contributed by atoms with E-state index < -0.39 is 21.7 Å². The summed E-state index contributed by atoms with van der Waals surface area (Å²) in [7, 11) is -3.76. The van der Waals surface area contributed by atoms with E-state index in [2.05, 4.69) is 6.92 Å². The summed E-state index contributed by atoms with van der Waals surface area (Å²) in [5.41, 5.74) is -0.177. The zero-order valence-corrected chi connectivity index (χ0v) is 15.1. The molecule has 0 unspecified atom stereocenters. The van der Waals surface area contributed by atoms with E-state index in [4.69, 9.17) is 4.74 Å². The second-order valence-corrected chi connectivity index (χ2v) is 8.57. The van der Waals surface area contributed by atoms with E-state index in [0.29, 0.717) is 32.2 Å². The van der Waals surface area contributed by atoms with Gasteiger partial charge in [0.25, 0.3) is 5.91 Å². The molecule has 2 aliphatic rings. The lowest BCUT2D eigenvalue weighted by Gasteiger charge is -2.30. The van der Waals surface area contributed by atoms with Gasteiger partial charge in [0.15, 0.2) is 0 Å². The van der Waals surface area contributed by atoms with Gasteiger partial charge >= 0.3 is 0 Å². The lowest BCUT2D eigenvalue weighted by Crippen LogP contribution is -2.41. The minimum absolute atomic E-state index is 0.0514. The number of carbonyl (C=O) groups is 1. The van der Waals surface area contributed by atoms with Crippen molar-refractivity contribution < 1.29 is 22.3 Å². The van der Waals surface area contributed by atoms with Gasteiger partial charge in [-0.2, -0.15) is 4.31 Å². The molecule has 6 nitrogen and oxygen atoms in total. The van der Waals surface area contributed by atoms with Crippen molar-refractivity contribution in [2.24, 2.45) is 5.92 Å². The summed E-state index contributed by atoms with van der Waals surface area (Å²) in [5.74, 6) is -0.588. The lowest BCUT2D eigenvalue weighted by atomic mass is 9.98. The number of rotatable bonds is 3. The molecule has 0 aliphatic carbocycles. The third kappa shape index (κ3) is 3.86. The molecule has 2 fully saturated rings. The number of halogens is 1. The Labute approximate surface area is 147 Å². The number of sulfonamides is 1. The summed E-state index contributed by atoms with van der Waals surface area (Å²) in [4.78, 5) is 14.2. The fourth-order valence-corrected chi connectivity index (χ4v) is 4.58. The Morgan fingerprint density at radius 1 is 1.16 bits per heavy atom. The van der Waals surface area contributed by atoms with Crippen molar-refractivity contribution in [3.8, 4) is 0 Å². The Hall–Kier alpha value is -1.51. The number of piperidine rings is 1. The highest BCUT2D eigenvalue weighted by Crippen LogP contribution is 2.23. The van der Waals surface area contributed by atoms with Crippen LogP contribution in [0.3, 0.4) is 0 Å². The van der Waals surface area contributed by atoms with Crippen LogP contribution >= 0.6 is 0 Å². The number of likely N-dealkylation sites (tertiary alicyclic amines) is 1. The fourth-order valence-electron chi connectivity index (χ4n) is 3.15. The van der Waals surface area contributed by atoms with Gasteiger partial charge < -0.3 is 9.64 Å². The molecule has 2 saturated heterocycles. The number of amides is 1. The maximum Gasteiger partial charge on any atom is 0.256 e. The van der Waals surface area contributed by atoms with Crippen LogP contribution in [0.1, 0.15) is 30.1 Å². The van der Waals surface area contributed by atoms with E-state index in [1.54, 1.807) is 4.90 Å². The smallest absolute Gasteiger partial charge is 0.256 e. The van der Waals surface area contributed by atoms with Crippen LogP contribution in [0.15, 0.2) is 23.1 Å². The summed E-state index contributed by atoms with van der Waals surface area (Å²) in [6.45, 7) is 4.44. The first-order valence-corrected chi connectivity index (χ1v) is 10.0. The predicted octanol–water partition coefficient (Wildman–Crippen LogP) is 1.72. The Kier molecular flexibility index (Phi) is 5.41. The van der Waals surface area contributed by atoms with Crippen molar-refractivity contribution in [1.29, 1.82) is 0 Å². The molecule has 0 bridgehead atoms. The molecule has 138 valence electrons. The number of nitrogens with zero attached hydrogens (tertiary/aromatic N) is 2. The normalized spacial score (nSPS) is 20.6. The zero-order chi connectivity index (χ0) is 18.0. The van der Waals surface area contributed by atoms with Gasteiger partial charge in [-0.05, 0) is 37.0 Å². The Bertz CT molecular complexity index is 739. The standard InChI is InChI=1S/C17H23FN2O4S/c1-13-4-6-19(7-5-13)17(21)15-12-14(2-3-16(15)18)25(22,23)20-8-10-24-11-9-20/h2-3,12-13H,4-11H2,1H3. The molecule has 0 aromatic heterocycles. The molecule has 1 aromatic carbocycles. The first kappa shape index (κ1) is 18.3. The molecule has 0 spiro atoms. The number of hydrogen-bond acceptors (Lipinski definition) is 4. The molecular formula is C17H23FN2O4S. The second-order valence-electron chi connectivity index (χ2n) is 6.63. The lowest BCUT2D eigenvalue weighted by molar-refractivity contribution is 0.0691. The Balaban J connectivity index is 1.86. The van der Waals surface area contributed by atoms with Crippen LogP contribution < -0.4 is 0 Å². The first-order valence-electron chi connectivity index (χ1n) is 8.56. The number of morpholine rings is 1. The van der Waals surface area contributed by atoms with E-state index in [0.717, 1.165) is 18.9 Å². The fraction of sp³-hybridized carbons (Fsp3) is 0.588. The van der Waals surface area contributed by atoms with E-state index in [9.17, 15) is 17.6 Å². The molecule has 0 radical (unpaired) electrons. The predicted molar refractivity (Wildman–Crippen MR) is 90.3 cm³/mol. The van der Waals surface area contributed by atoms with Gasteiger partial charge in [-0.25, -0.2) is 12.8 Å². The van der Waals surface area contributed by atoms with E-state index in [1.807, 2.05) is 0 Å². The highest BCUT2D eigenvalue weighted by atomic mass is 32.2. The summed E-state index contributed by atoms with van der Waals surface area (Å²) in [6.07, 6.45) is 1.75. The monoisotopic (exact) mass is 370 g/mol. The van der Waals surface area contributed by atoms with Gasteiger partial charge in [0, 0.05) is 26.2 Å². The van der Waals surface area contributed by atoms with Gasteiger partial charge in [-0.15, -0.1) is 0 Å². The highest BCUT2D eigenvalue weighted by Gasteiger charge is 2.29. The quantitative estimate of drug-likeness (QED) is 0.813. The van der Waals surface area contributed by atoms with Crippen molar-refractivity contribution in [2.75, 3.05) is 39.4 Å². The minimum atomic E-state index is -3.76. The maximum absolute atomic E-state index is 14.2. The third-order valence-corrected chi connectivity index (χ3v) is 6.74. The average Bonchev–Trinajstić information content (AvgIpc) is 2.63. The highest BCUT2D eigenvalue weighted by molar-refractivity contribution is 7.89.